The van der Waals surface area contributed by atoms with Gasteiger partial charge in [0.25, 0.3) is 5.91 Å². The van der Waals surface area contributed by atoms with E-state index in [1.54, 1.807) is 31.3 Å². The lowest BCUT2D eigenvalue weighted by molar-refractivity contribution is -0.150. The van der Waals surface area contributed by atoms with Gasteiger partial charge < -0.3 is 46.2 Å². The first-order valence-corrected chi connectivity index (χ1v) is 18.8. The second-order valence-corrected chi connectivity index (χ2v) is 14.5. The highest BCUT2D eigenvalue weighted by molar-refractivity contribution is 5.95. The number of carboxylic acids is 1. The number of hydrogen-bond donors (Lipinski definition) is 7. The molecule has 0 unspecified atom stereocenters. The number of carbonyl (C=O) groups is 5. The van der Waals surface area contributed by atoms with Crippen LogP contribution in [0.5, 0.6) is 11.5 Å². The molecule has 2 aromatic carbocycles. The molecule has 14 heteroatoms. The van der Waals surface area contributed by atoms with Gasteiger partial charge in [0.1, 0.15) is 41.8 Å². The summed E-state index contributed by atoms with van der Waals surface area (Å²) in [4.78, 5) is 69.8. The minimum atomic E-state index is -1.40. The number of rotatable bonds is 23. The van der Waals surface area contributed by atoms with Crippen molar-refractivity contribution in [1.29, 1.82) is 0 Å². The number of nitrogens with one attached hydrogen (secondary N) is 3. The third kappa shape index (κ3) is 14.3. The fourth-order valence-corrected chi connectivity index (χ4v) is 6.29. The molecule has 7 N–H and O–H groups in total. The van der Waals surface area contributed by atoms with Crippen molar-refractivity contribution in [3.8, 4) is 11.5 Å². The molecule has 0 bridgehead atoms. The summed E-state index contributed by atoms with van der Waals surface area (Å²) in [5.74, 6) is -4.00. The van der Waals surface area contributed by atoms with Gasteiger partial charge in [0.05, 0.1) is 0 Å². The second-order valence-electron chi connectivity index (χ2n) is 14.5. The van der Waals surface area contributed by atoms with Crippen LogP contribution >= 0.6 is 0 Å². The first-order chi connectivity index (χ1) is 25.5. The zero-order valence-electron chi connectivity index (χ0n) is 32.7. The van der Waals surface area contributed by atoms with E-state index < -0.39 is 65.9 Å². The SMILES string of the molecule is CCCCCCC[C@H](NC)[C@@H](O)C(=O)N[C@@H](C)C(=O)N(C)[C@H](CC(C)C)C(=O)N(C)[C@H](Cc1ccc(O)cc1)C(=O)N[C@@H](Cc1ccc(O)cc1)C(=O)O. The van der Waals surface area contributed by atoms with Crippen molar-refractivity contribution in [1.82, 2.24) is 25.8 Å². The van der Waals surface area contributed by atoms with Crippen molar-refractivity contribution in [3.05, 3.63) is 59.7 Å². The number of aliphatic carboxylic acids is 1. The maximum atomic E-state index is 14.3. The standard InChI is InChI=1S/C40H61N5O9/c1-8-9-10-11-12-13-31(41-5)35(48)37(50)42-26(4)38(51)45(7)34(22-25(2)3)39(52)44(6)33(24-28-16-20-30(47)21-17-28)36(49)43-32(40(53)54)23-27-14-18-29(46)19-15-27/h14-21,25-26,31-35,41,46-48H,8-13,22-24H2,1-7H3,(H,42,50)(H,43,49)(H,53,54)/t26-,31-,32-,33+,34+,35+/m0/s1. The van der Waals surface area contributed by atoms with Crippen LogP contribution in [-0.2, 0) is 36.8 Å². The molecule has 6 atom stereocenters. The number of benzene rings is 2. The molecular weight excluding hydrogens is 694 g/mol. The van der Waals surface area contributed by atoms with Crippen LogP contribution in [0.1, 0.15) is 83.8 Å². The Bertz CT molecular complexity index is 1500. The average molecular weight is 756 g/mol. The minimum absolute atomic E-state index is 0.00114. The summed E-state index contributed by atoms with van der Waals surface area (Å²) in [6, 6.07) is 6.69. The highest BCUT2D eigenvalue weighted by atomic mass is 16.4. The van der Waals surface area contributed by atoms with Crippen LogP contribution in [0.4, 0.5) is 0 Å². The van der Waals surface area contributed by atoms with Gasteiger partial charge in [-0.1, -0.05) is 77.1 Å². The van der Waals surface area contributed by atoms with Crippen molar-refractivity contribution in [2.24, 2.45) is 5.92 Å². The van der Waals surface area contributed by atoms with Gasteiger partial charge in [0.15, 0.2) is 0 Å². The van der Waals surface area contributed by atoms with E-state index in [2.05, 4.69) is 22.9 Å². The number of nitrogens with zero attached hydrogens (tertiary/aromatic N) is 2. The molecule has 0 aliphatic heterocycles. The molecule has 4 amide bonds. The molecule has 0 radical (unpaired) electrons. The summed E-state index contributed by atoms with van der Waals surface area (Å²) in [6.45, 7) is 7.36. The Morgan fingerprint density at radius 2 is 1.22 bits per heavy atom. The maximum absolute atomic E-state index is 14.3. The van der Waals surface area contributed by atoms with E-state index in [9.17, 15) is 44.4 Å². The Balaban J connectivity index is 2.31. The second kappa shape index (κ2) is 22.5. The van der Waals surface area contributed by atoms with E-state index in [-0.39, 0.29) is 36.7 Å². The number of aliphatic hydroxyl groups is 1. The van der Waals surface area contributed by atoms with Gasteiger partial charge in [-0.3, -0.25) is 19.2 Å². The van der Waals surface area contributed by atoms with Crippen LogP contribution in [0, 0.1) is 5.92 Å². The Labute approximate surface area is 319 Å². The zero-order chi connectivity index (χ0) is 40.5. The van der Waals surface area contributed by atoms with Gasteiger partial charge in [-0.2, -0.15) is 0 Å². The number of carbonyl (C=O) groups excluding carboxylic acids is 4. The summed E-state index contributed by atoms with van der Waals surface area (Å²) in [7, 11) is 4.52. The fourth-order valence-electron chi connectivity index (χ4n) is 6.29. The summed E-state index contributed by atoms with van der Waals surface area (Å²) in [6.07, 6.45) is 4.37. The molecule has 0 aliphatic carbocycles. The monoisotopic (exact) mass is 755 g/mol. The van der Waals surface area contributed by atoms with Gasteiger partial charge in [0, 0.05) is 33.0 Å². The molecule has 0 saturated carbocycles. The molecule has 54 heavy (non-hydrogen) atoms. The highest BCUT2D eigenvalue weighted by Crippen LogP contribution is 2.20. The zero-order valence-corrected chi connectivity index (χ0v) is 32.7. The third-order valence-electron chi connectivity index (χ3n) is 9.64. The average Bonchev–Trinajstić information content (AvgIpc) is 3.13. The number of phenolic OH excluding ortho intramolecular Hbond substituents is 2. The molecule has 300 valence electrons. The predicted octanol–water partition coefficient (Wildman–Crippen LogP) is 2.97. The van der Waals surface area contributed by atoms with Crippen molar-refractivity contribution < 1.29 is 44.4 Å². The largest absolute Gasteiger partial charge is 0.508 e. The lowest BCUT2D eigenvalue weighted by Crippen LogP contribution is -2.59. The number of likely N-dealkylation sites (N-methyl/N-ethyl adjacent to an activating group) is 3. The third-order valence-corrected chi connectivity index (χ3v) is 9.64. The lowest BCUT2D eigenvalue weighted by Gasteiger charge is -2.36. The number of phenols is 2. The van der Waals surface area contributed by atoms with Gasteiger partial charge in [-0.25, -0.2) is 4.79 Å². The molecule has 0 saturated heterocycles. The lowest BCUT2D eigenvalue weighted by atomic mass is 9.98. The Morgan fingerprint density at radius 1 is 0.704 bits per heavy atom. The van der Waals surface area contributed by atoms with Gasteiger partial charge in [-0.15, -0.1) is 0 Å². The number of carboxylic acid groups (broad SMARTS) is 1. The van der Waals surface area contributed by atoms with Crippen LogP contribution in [0.25, 0.3) is 0 Å². The van der Waals surface area contributed by atoms with Gasteiger partial charge >= 0.3 is 5.97 Å². The normalized spacial score (nSPS) is 14.6. The van der Waals surface area contributed by atoms with Gasteiger partial charge in [0.2, 0.25) is 17.7 Å². The highest BCUT2D eigenvalue weighted by Gasteiger charge is 2.38. The summed E-state index contributed by atoms with van der Waals surface area (Å²) in [5, 5.41) is 48.4. The number of amides is 4. The molecule has 0 fully saturated rings. The summed E-state index contributed by atoms with van der Waals surface area (Å²) in [5.41, 5.74) is 1.13. The smallest absolute Gasteiger partial charge is 0.326 e. The number of unbranched alkanes of at least 4 members (excludes halogenated alkanes) is 4. The summed E-state index contributed by atoms with van der Waals surface area (Å²) < 4.78 is 0. The van der Waals surface area contributed by atoms with E-state index in [1.807, 2.05) is 13.8 Å². The van der Waals surface area contributed by atoms with Crippen LogP contribution in [0.2, 0.25) is 0 Å². The predicted molar refractivity (Wildman–Crippen MR) is 206 cm³/mol. The van der Waals surface area contributed by atoms with Crippen molar-refractivity contribution in [2.45, 2.75) is 122 Å². The van der Waals surface area contributed by atoms with Crippen LogP contribution < -0.4 is 16.0 Å². The molecule has 2 aromatic rings. The molecular formula is C40H61N5O9. The molecule has 0 spiro atoms. The Morgan fingerprint density at radius 3 is 1.72 bits per heavy atom. The first kappa shape index (κ1) is 45.5. The van der Waals surface area contributed by atoms with Crippen molar-refractivity contribution in [3.63, 3.8) is 0 Å². The number of hydrogen-bond acceptors (Lipinski definition) is 9. The van der Waals surface area contributed by atoms with E-state index in [1.165, 1.54) is 55.1 Å². The fraction of sp³-hybridized carbons (Fsp3) is 0.575. The minimum Gasteiger partial charge on any atom is -0.508 e. The van der Waals surface area contributed by atoms with Crippen LogP contribution in [0.15, 0.2) is 48.5 Å². The van der Waals surface area contributed by atoms with Gasteiger partial charge in [-0.05, 0) is 68.1 Å². The van der Waals surface area contributed by atoms with E-state index in [4.69, 9.17) is 0 Å². The topological polar surface area (TPSA) is 209 Å². The number of aliphatic hydroxyl groups excluding tert-OH is 1. The summed E-state index contributed by atoms with van der Waals surface area (Å²) >= 11 is 0. The Kier molecular flexibility index (Phi) is 19.0. The molecule has 0 aromatic heterocycles. The van der Waals surface area contributed by atoms with Crippen molar-refractivity contribution in [2.75, 3.05) is 21.1 Å². The molecule has 14 nitrogen and oxygen atoms in total. The van der Waals surface area contributed by atoms with E-state index in [0.29, 0.717) is 17.5 Å². The van der Waals surface area contributed by atoms with E-state index in [0.717, 1.165) is 32.1 Å². The first-order valence-electron chi connectivity index (χ1n) is 18.8. The van der Waals surface area contributed by atoms with Crippen LogP contribution in [0.3, 0.4) is 0 Å². The van der Waals surface area contributed by atoms with Crippen LogP contribution in [-0.4, -0.2) is 117 Å². The van der Waals surface area contributed by atoms with E-state index >= 15 is 0 Å². The quantitative estimate of drug-likeness (QED) is 0.0826. The molecule has 0 aliphatic rings. The number of aromatic hydroxyl groups is 2. The molecule has 0 heterocycles. The maximum Gasteiger partial charge on any atom is 0.326 e. The molecule has 2 rings (SSSR count). The van der Waals surface area contributed by atoms with Crippen molar-refractivity contribution >= 4 is 29.6 Å². The Hall–Kier alpha value is -4.69.